The summed E-state index contributed by atoms with van der Waals surface area (Å²) in [6.45, 7) is 0. The molecule has 0 saturated heterocycles. The summed E-state index contributed by atoms with van der Waals surface area (Å²) in [4.78, 5) is 11.7. The van der Waals surface area contributed by atoms with Crippen LogP contribution in [-0.4, -0.2) is 35.7 Å². The molecule has 0 N–H and O–H groups in total. The highest BCUT2D eigenvalue weighted by molar-refractivity contribution is 7.92. The number of carbonyl (C=O) groups is 1. The van der Waals surface area contributed by atoms with Crippen molar-refractivity contribution in [2.45, 2.75) is 4.90 Å². The van der Waals surface area contributed by atoms with E-state index in [-0.39, 0.29) is 15.5 Å². The molecule has 8 heteroatoms. The number of ether oxygens (including phenoxy) is 2. The first-order valence-corrected chi connectivity index (χ1v) is 8.64. The number of benzene rings is 2. The molecule has 2 aromatic carbocycles. The van der Waals surface area contributed by atoms with Crippen molar-refractivity contribution >= 4 is 33.3 Å². The number of methoxy groups -OCH3 is 2. The zero-order chi connectivity index (χ0) is 17.9. The van der Waals surface area contributed by atoms with Crippen molar-refractivity contribution < 1.29 is 22.7 Å². The molecule has 0 spiro atoms. The molecule has 0 aromatic heterocycles. The summed E-state index contributed by atoms with van der Waals surface area (Å²) in [5, 5.41) is 0.108. The third-order valence-corrected chi connectivity index (χ3v) is 5.55. The van der Waals surface area contributed by atoms with Gasteiger partial charge in [-0.2, -0.15) is 0 Å². The van der Waals surface area contributed by atoms with Crippen LogP contribution in [0.2, 0.25) is 5.02 Å². The zero-order valence-electron chi connectivity index (χ0n) is 13.3. The molecule has 0 unspecified atom stereocenters. The molecule has 0 aliphatic heterocycles. The highest BCUT2D eigenvalue weighted by Gasteiger charge is 2.22. The Hall–Kier alpha value is -2.25. The van der Waals surface area contributed by atoms with Gasteiger partial charge >= 0.3 is 5.97 Å². The summed E-state index contributed by atoms with van der Waals surface area (Å²) in [7, 11) is 0.380. The van der Waals surface area contributed by atoms with Crippen molar-refractivity contribution in [2.24, 2.45) is 0 Å². The lowest BCUT2D eigenvalue weighted by atomic mass is 10.2. The smallest absolute Gasteiger partial charge is 0.339 e. The number of carbonyl (C=O) groups excluding carboxylic acids is 1. The third kappa shape index (κ3) is 3.47. The molecule has 128 valence electrons. The number of nitrogens with zero attached hydrogens (tertiary/aromatic N) is 1. The Kier molecular flexibility index (Phi) is 5.36. The Morgan fingerprint density at radius 3 is 2.21 bits per heavy atom. The number of sulfonamides is 1. The van der Waals surface area contributed by atoms with E-state index in [9.17, 15) is 13.2 Å². The summed E-state index contributed by atoms with van der Waals surface area (Å²) in [5.41, 5.74) is 0.488. The van der Waals surface area contributed by atoms with E-state index in [1.807, 2.05) is 0 Å². The molecule has 0 bridgehead atoms. The SMILES string of the molecule is COC(=O)c1ccc(N(C)S(=O)(=O)c2ccc(OC)cc2)cc1Cl. The molecule has 0 heterocycles. The van der Waals surface area contributed by atoms with Gasteiger partial charge in [-0.3, -0.25) is 4.31 Å². The summed E-state index contributed by atoms with van der Waals surface area (Å²) >= 11 is 6.04. The lowest BCUT2D eigenvalue weighted by Crippen LogP contribution is -2.26. The normalized spacial score (nSPS) is 11.0. The van der Waals surface area contributed by atoms with E-state index in [4.69, 9.17) is 16.3 Å². The molecule has 0 amide bonds. The fraction of sp³-hybridized carbons (Fsp3) is 0.188. The van der Waals surface area contributed by atoms with Gasteiger partial charge in [0.2, 0.25) is 0 Å². The first kappa shape index (κ1) is 18.1. The fourth-order valence-corrected chi connectivity index (χ4v) is 3.46. The second kappa shape index (κ2) is 7.11. The Morgan fingerprint density at radius 2 is 1.71 bits per heavy atom. The average molecular weight is 370 g/mol. The van der Waals surface area contributed by atoms with Gasteiger partial charge in [0.15, 0.2) is 0 Å². The van der Waals surface area contributed by atoms with Crippen LogP contribution in [0.5, 0.6) is 5.75 Å². The molecular formula is C16H16ClNO5S. The van der Waals surface area contributed by atoms with E-state index in [0.29, 0.717) is 11.4 Å². The minimum atomic E-state index is -3.77. The molecule has 2 rings (SSSR count). The maximum atomic E-state index is 12.7. The number of halogens is 1. The van der Waals surface area contributed by atoms with E-state index in [1.165, 1.54) is 51.6 Å². The van der Waals surface area contributed by atoms with Gasteiger partial charge in [-0.25, -0.2) is 13.2 Å². The topological polar surface area (TPSA) is 72.9 Å². The van der Waals surface area contributed by atoms with Crippen LogP contribution < -0.4 is 9.04 Å². The largest absolute Gasteiger partial charge is 0.497 e. The molecule has 0 atom stereocenters. The molecular weight excluding hydrogens is 354 g/mol. The average Bonchev–Trinajstić information content (AvgIpc) is 2.60. The van der Waals surface area contributed by atoms with E-state index >= 15 is 0 Å². The van der Waals surface area contributed by atoms with Crippen molar-refractivity contribution in [2.75, 3.05) is 25.6 Å². The van der Waals surface area contributed by atoms with Crippen molar-refractivity contribution in [3.63, 3.8) is 0 Å². The van der Waals surface area contributed by atoms with E-state index < -0.39 is 16.0 Å². The highest BCUT2D eigenvalue weighted by atomic mass is 35.5. The van der Waals surface area contributed by atoms with E-state index in [2.05, 4.69) is 4.74 Å². The van der Waals surface area contributed by atoms with Crippen molar-refractivity contribution in [1.82, 2.24) is 0 Å². The molecule has 0 saturated carbocycles. The first-order valence-electron chi connectivity index (χ1n) is 6.82. The lowest BCUT2D eigenvalue weighted by molar-refractivity contribution is 0.0601. The van der Waals surface area contributed by atoms with Gasteiger partial charge in [-0.05, 0) is 42.5 Å². The number of esters is 1. The molecule has 6 nitrogen and oxygen atoms in total. The minimum absolute atomic E-state index is 0.108. The van der Waals surface area contributed by atoms with Gasteiger partial charge in [0.25, 0.3) is 10.0 Å². The monoisotopic (exact) mass is 369 g/mol. The Labute approximate surface area is 145 Å². The van der Waals surface area contributed by atoms with Gasteiger partial charge < -0.3 is 9.47 Å². The van der Waals surface area contributed by atoms with Crippen LogP contribution in [0.15, 0.2) is 47.4 Å². The molecule has 0 fully saturated rings. The molecule has 2 aromatic rings. The number of hydrogen-bond acceptors (Lipinski definition) is 5. The standard InChI is InChI=1S/C16H16ClNO5S/c1-18(11-4-9-14(15(17)10-11)16(19)23-3)24(20,21)13-7-5-12(22-2)6-8-13/h4-10H,1-3H3. The quantitative estimate of drug-likeness (QED) is 0.757. The van der Waals surface area contributed by atoms with Gasteiger partial charge in [-0.15, -0.1) is 0 Å². The van der Waals surface area contributed by atoms with Crippen LogP contribution in [0.1, 0.15) is 10.4 Å². The Balaban J connectivity index is 2.37. The van der Waals surface area contributed by atoms with Crippen molar-refractivity contribution in [3.05, 3.63) is 53.1 Å². The zero-order valence-corrected chi connectivity index (χ0v) is 14.9. The van der Waals surface area contributed by atoms with Crippen LogP contribution in [0.3, 0.4) is 0 Å². The maximum absolute atomic E-state index is 12.7. The van der Waals surface area contributed by atoms with Crippen LogP contribution in [0.25, 0.3) is 0 Å². The molecule has 0 aliphatic rings. The van der Waals surface area contributed by atoms with E-state index in [0.717, 1.165) is 4.31 Å². The van der Waals surface area contributed by atoms with Crippen LogP contribution in [-0.2, 0) is 14.8 Å². The number of hydrogen-bond donors (Lipinski definition) is 0. The van der Waals surface area contributed by atoms with Crippen molar-refractivity contribution in [3.8, 4) is 5.75 Å². The summed E-state index contributed by atoms with van der Waals surface area (Å²) in [6, 6.07) is 10.3. The van der Waals surface area contributed by atoms with Gasteiger partial charge in [0, 0.05) is 7.05 Å². The lowest BCUT2D eigenvalue weighted by Gasteiger charge is -2.20. The van der Waals surface area contributed by atoms with Gasteiger partial charge in [0.05, 0.1) is 35.4 Å². The van der Waals surface area contributed by atoms with Gasteiger partial charge in [0.1, 0.15) is 5.75 Å². The summed E-state index contributed by atoms with van der Waals surface area (Å²) in [5.74, 6) is -0.0331. The second-order valence-corrected chi connectivity index (χ2v) is 7.18. The fourth-order valence-electron chi connectivity index (χ4n) is 2.02. The predicted octanol–water partition coefficient (Wildman–Crippen LogP) is 2.96. The molecule has 0 radical (unpaired) electrons. The summed E-state index contributed by atoms with van der Waals surface area (Å²) < 4.78 is 36.1. The molecule has 0 aliphatic carbocycles. The number of rotatable bonds is 5. The van der Waals surface area contributed by atoms with Crippen molar-refractivity contribution in [1.29, 1.82) is 0 Å². The molecule has 24 heavy (non-hydrogen) atoms. The Bertz CT molecular complexity index is 849. The van der Waals surface area contributed by atoms with Crippen LogP contribution in [0.4, 0.5) is 5.69 Å². The van der Waals surface area contributed by atoms with Gasteiger partial charge in [-0.1, -0.05) is 11.6 Å². The summed E-state index contributed by atoms with van der Waals surface area (Å²) in [6.07, 6.45) is 0. The predicted molar refractivity (Wildman–Crippen MR) is 91.4 cm³/mol. The third-order valence-electron chi connectivity index (χ3n) is 3.44. The minimum Gasteiger partial charge on any atom is -0.497 e. The number of anilines is 1. The second-order valence-electron chi connectivity index (χ2n) is 4.80. The Morgan fingerprint density at radius 1 is 1.08 bits per heavy atom. The van der Waals surface area contributed by atoms with E-state index in [1.54, 1.807) is 12.1 Å². The first-order chi connectivity index (χ1) is 11.3. The maximum Gasteiger partial charge on any atom is 0.339 e. The van der Waals surface area contributed by atoms with Crippen LogP contribution in [0, 0.1) is 0 Å². The van der Waals surface area contributed by atoms with Crippen LogP contribution >= 0.6 is 11.6 Å². The highest BCUT2D eigenvalue weighted by Crippen LogP contribution is 2.28.